The van der Waals surface area contributed by atoms with Crippen molar-refractivity contribution in [2.75, 3.05) is 35.0 Å². The number of carbonyl (C=O) groups excluding carboxylic acids is 1. The van der Waals surface area contributed by atoms with Crippen LogP contribution in [0.4, 0.5) is 0 Å². The standard InChI is InChI=1S/C22H26N2O5/c1-13(25)23-7-6-14-9-19(26-2)21(28-4)11-16(14)18-8-15-10-20(27-3)22(29-5)12-17(15)24-18/h8-12,24H,6-7H2,1-5H3,(H,23,25). The molecule has 29 heavy (non-hydrogen) atoms. The predicted molar refractivity (Wildman–Crippen MR) is 112 cm³/mol. The van der Waals surface area contributed by atoms with Crippen LogP contribution in [0, 0.1) is 0 Å². The first-order chi connectivity index (χ1) is 14.0. The van der Waals surface area contributed by atoms with Gasteiger partial charge < -0.3 is 29.2 Å². The van der Waals surface area contributed by atoms with Gasteiger partial charge in [0.25, 0.3) is 0 Å². The minimum atomic E-state index is -0.0585. The Morgan fingerprint density at radius 3 is 2.07 bits per heavy atom. The van der Waals surface area contributed by atoms with Crippen molar-refractivity contribution in [3.05, 3.63) is 35.9 Å². The van der Waals surface area contributed by atoms with Crippen LogP contribution in [0.25, 0.3) is 22.2 Å². The summed E-state index contributed by atoms with van der Waals surface area (Å²) >= 11 is 0. The summed E-state index contributed by atoms with van der Waals surface area (Å²) in [6.07, 6.45) is 0.650. The van der Waals surface area contributed by atoms with E-state index in [0.717, 1.165) is 27.7 Å². The number of methoxy groups -OCH3 is 4. The third-order valence-electron chi connectivity index (χ3n) is 4.79. The SMILES string of the molecule is COc1cc(CCNC(C)=O)c(-c2cc3cc(OC)c(OC)cc3[nH]2)cc1OC. The van der Waals surface area contributed by atoms with Gasteiger partial charge in [0.05, 0.1) is 28.4 Å². The molecule has 0 bridgehead atoms. The van der Waals surface area contributed by atoms with E-state index in [4.69, 9.17) is 18.9 Å². The van der Waals surface area contributed by atoms with Gasteiger partial charge in [-0.25, -0.2) is 0 Å². The second kappa shape index (κ2) is 8.77. The topological polar surface area (TPSA) is 81.8 Å². The Balaban J connectivity index is 2.10. The molecule has 0 unspecified atom stereocenters. The molecule has 3 rings (SSSR count). The van der Waals surface area contributed by atoms with Gasteiger partial charge in [0, 0.05) is 41.7 Å². The lowest BCUT2D eigenvalue weighted by atomic mass is 10.0. The molecule has 3 aromatic rings. The van der Waals surface area contributed by atoms with Crippen molar-refractivity contribution in [2.24, 2.45) is 0 Å². The highest BCUT2D eigenvalue weighted by Crippen LogP contribution is 2.38. The van der Waals surface area contributed by atoms with Gasteiger partial charge in [-0.15, -0.1) is 0 Å². The average Bonchev–Trinajstić information content (AvgIpc) is 3.14. The van der Waals surface area contributed by atoms with E-state index in [1.165, 1.54) is 6.92 Å². The zero-order valence-electron chi connectivity index (χ0n) is 17.3. The molecular weight excluding hydrogens is 372 g/mol. The summed E-state index contributed by atoms with van der Waals surface area (Å²) in [5.41, 5.74) is 3.86. The molecule has 2 N–H and O–H groups in total. The number of nitrogens with one attached hydrogen (secondary N) is 2. The smallest absolute Gasteiger partial charge is 0.216 e. The van der Waals surface area contributed by atoms with Crippen LogP contribution in [0.3, 0.4) is 0 Å². The Labute approximate surface area is 169 Å². The summed E-state index contributed by atoms with van der Waals surface area (Å²) in [5, 5.41) is 3.84. The molecule has 154 valence electrons. The fourth-order valence-electron chi connectivity index (χ4n) is 3.36. The number of benzene rings is 2. The summed E-state index contributed by atoms with van der Waals surface area (Å²) in [7, 11) is 6.45. The predicted octanol–water partition coefficient (Wildman–Crippen LogP) is 3.55. The molecule has 0 saturated heterocycles. The molecule has 0 saturated carbocycles. The highest BCUT2D eigenvalue weighted by atomic mass is 16.5. The molecular formula is C22H26N2O5. The van der Waals surface area contributed by atoms with E-state index in [9.17, 15) is 4.79 Å². The Bertz CT molecular complexity index is 985. The van der Waals surface area contributed by atoms with Crippen LogP contribution in [-0.2, 0) is 11.2 Å². The number of aromatic amines is 1. The highest BCUT2D eigenvalue weighted by molar-refractivity contribution is 5.89. The van der Waals surface area contributed by atoms with E-state index in [0.29, 0.717) is 36.0 Å². The summed E-state index contributed by atoms with van der Waals surface area (Å²) in [5.74, 6) is 2.56. The maximum absolute atomic E-state index is 11.3. The van der Waals surface area contributed by atoms with E-state index in [2.05, 4.69) is 16.4 Å². The number of amides is 1. The van der Waals surface area contributed by atoms with Gasteiger partial charge in [-0.3, -0.25) is 4.79 Å². The molecule has 0 aliphatic heterocycles. The first-order valence-corrected chi connectivity index (χ1v) is 9.25. The van der Waals surface area contributed by atoms with Crippen molar-refractivity contribution in [2.45, 2.75) is 13.3 Å². The molecule has 1 heterocycles. The summed E-state index contributed by atoms with van der Waals surface area (Å²) in [6, 6.07) is 9.80. The quantitative estimate of drug-likeness (QED) is 0.606. The Kier molecular flexibility index (Phi) is 6.16. The summed E-state index contributed by atoms with van der Waals surface area (Å²) < 4.78 is 21.8. The Hall–Kier alpha value is -3.35. The molecule has 7 heteroatoms. The molecule has 2 aromatic carbocycles. The van der Waals surface area contributed by atoms with Crippen molar-refractivity contribution >= 4 is 16.8 Å². The van der Waals surface area contributed by atoms with Crippen LogP contribution in [0.5, 0.6) is 23.0 Å². The molecule has 0 aliphatic rings. The summed E-state index contributed by atoms with van der Waals surface area (Å²) in [6.45, 7) is 2.04. The fourth-order valence-corrected chi connectivity index (χ4v) is 3.36. The van der Waals surface area contributed by atoms with E-state index in [1.54, 1.807) is 28.4 Å². The monoisotopic (exact) mass is 398 g/mol. The lowest BCUT2D eigenvalue weighted by Gasteiger charge is -2.14. The third kappa shape index (κ3) is 4.23. The number of hydrogen-bond donors (Lipinski definition) is 2. The minimum absolute atomic E-state index is 0.0585. The lowest BCUT2D eigenvalue weighted by Crippen LogP contribution is -2.22. The van der Waals surface area contributed by atoms with Gasteiger partial charge in [0.2, 0.25) is 5.91 Å². The van der Waals surface area contributed by atoms with Gasteiger partial charge in [0.15, 0.2) is 23.0 Å². The van der Waals surface area contributed by atoms with Crippen LogP contribution >= 0.6 is 0 Å². The van der Waals surface area contributed by atoms with Crippen LogP contribution in [0.1, 0.15) is 12.5 Å². The van der Waals surface area contributed by atoms with Crippen molar-refractivity contribution in [1.82, 2.24) is 10.3 Å². The number of rotatable bonds is 8. The second-order valence-electron chi connectivity index (χ2n) is 6.57. The largest absolute Gasteiger partial charge is 0.493 e. The van der Waals surface area contributed by atoms with E-state index >= 15 is 0 Å². The lowest BCUT2D eigenvalue weighted by molar-refractivity contribution is -0.118. The van der Waals surface area contributed by atoms with Crippen molar-refractivity contribution < 1.29 is 23.7 Å². The number of H-pyrrole nitrogens is 1. The molecule has 0 radical (unpaired) electrons. The van der Waals surface area contributed by atoms with E-state index < -0.39 is 0 Å². The molecule has 0 aliphatic carbocycles. The summed E-state index contributed by atoms with van der Waals surface area (Å²) in [4.78, 5) is 14.7. The maximum Gasteiger partial charge on any atom is 0.216 e. The fraction of sp³-hybridized carbons (Fsp3) is 0.318. The first-order valence-electron chi connectivity index (χ1n) is 9.25. The molecule has 0 atom stereocenters. The number of fused-ring (bicyclic) bond motifs is 1. The van der Waals surface area contributed by atoms with Gasteiger partial charge in [-0.2, -0.15) is 0 Å². The number of carbonyl (C=O) groups is 1. The zero-order valence-corrected chi connectivity index (χ0v) is 17.3. The van der Waals surface area contributed by atoms with Gasteiger partial charge in [-0.1, -0.05) is 0 Å². The number of hydrogen-bond acceptors (Lipinski definition) is 5. The molecule has 0 fully saturated rings. The number of ether oxygens (including phenoxy) is 4. The second-order valence-corrected chi connectivity index (χ2v) is 6.57. The normalized spacial score (nSPS) is 10.7. The zero-order chi connectivity index (χ0) is 21.0. The molecule has 0 spiro atoms. The van der Waals surface area contributed by atoms with Gasteiger partial charge >= 0.3 is 0 Å². The third-order valence-corrected chi connectivity index (χ3v) is 4.79. The molecule has 1 amide bonds. The van der Waals surface area contributed by atoms with Crippen LogP contribution in [-0.4, -0.2) is 45.9 Å². The number of aromatic nitrogens is 1. The minimum Gasteiger partial charge on any atom is -0.493 e. The van der Waals surface area contributed by atoms with Crippen molar-refractivity contribution in [1.29, 1.82) is 0 Å². The first kappa shape index (κ1) is 20.4. The Morgan fingerprint density at radius 1 is 0.862 bits per heavy atom. The average molecular weight is 398 g/mol. The van der Waals surface area contributed by atoms with Crippen LogP contribution < -0.4 is 24.3 Å². The molecule has 1 aromatic heterocycles. The maximum atomic E-state index is 11.3. The van der Waals surface area contributed by atoms with Crippen LogP contribution in [0.15, 0.2) is 30.3 Å². The highest BCUT2D eigenvalue weighted by Gasteiger charge is 2.16. The van der Waals surface area contributed by atoms with Gasteiger partial charge in [-0.05, 0) is 36.2 Å². The Morgan fingerprint density at radius 2 is 1.45 bits per heavy atom. The van der Waals surface area contributed by atoms with E-state index in [-0.39, 0.29) is 5.91 Å². The van der Waals surface area contributed by atoms with Crippen LogP contribution in [0.2, 0.25) is 0 Å². The van der Waals surface area contributed by atoms with Crippen molar-refractivity contribution in [3.8, 4) is 34.3 Å². The van der Waals surface area contributed by atoms with E-state index in [1.807, 2.05) is 24.3 Å². The van der Waals surface area contributed by atoms with Crippen molar-refractivity contribution in [3.63, 3.8) is 0 Å². The molecule has 7 nitrogen and oxygen atoms in total. The van der Waals surface area contributed by atoms with Gasteiger partial charge in [0.1, 0.15) is 0 Å².